The molecule has 14 nitrogen and oxygen atoms in total. The second kappa shape index (κ2) is 49.8. The molecule has 0 aromatic carbocycles. The zero-order valence-electron chi connectivity index (χ0n) is 49.4. The number of carbonyl (C=O) groups is 1. The monoisotopic (exact) mass is 1110 g/mol. The van der Waals surface area contributed by atoms with Gasteiger partial charge in [0.15, 0.2) is 12.6 Å². The van der Waals surface area contributed by atoms with Gasteiger partial charge < -0.3 is 65.1 Å². The number of allylic oxidation sites excluding steroid dienone is 5. The Hall–Kier alpha value is -1.79. The summed E-state index contributed by atoms with van der Waals surface area (Å²) < 4.78 is 22.8. The highest BCUT2D eigenvalue weighted by atomic mass is 16.7. The van der Waals surface area contributed by atoms with Crippen LogP contribution >= 0.6 is 0 Å². The van der Waals surface area contributed by atoms with Gasteiger partial charge in [0, 0.05) is 6.42 Å². The van der Waals surface area contributed by atoms with Crippen LogP contribution < -0.4 is 5.32 Å². The van der Waals surface area contributed by atoms with Gasteiger partial charge in [0.1, 0.15) is 48.8 Å². The second-order valence-electron chi connectivity index (χ2n) is 22.9. The number of hydrogen-bond donors (Lipinski definition) is 9. The van der Waals surface area contributed by atoms with E-state index in [0.29, 0.717) is 12.8 Å². The van der Waals surface area contributed by atoms with Crippen LogP contribution in [-0.4, -0.2) is 140 Å². The fourth-order valence-corrected chi connectivity index (χ4v) is 10.6. The molecule has 12 unspecified atom stereocenters. The molecule has 14 heteroatoms. The van der Waals surface area contributed by atoms with Crippen molar-refractivity contribution in [3.8, 4) is 0 Å². The van der Waals surface area contributed by atoms with Gasteiger partial charge in [-0.3, -0.25) is 4.79 Å². The molecular formula is C64H119NO13. The number of aliphatic hydroxyl groups excluding tert-OH is 8. The first-order valence-corrected chi connectivity index (χ1v) is 32.2. The Morgan fingerprint density at radius 1 is 0.449 bits per heavy atom. The summed E-state index contributed by atoms with van der Waals surface area (Å²) in [6.45, 7) is 2.80. The molecule has 1 amide bonds. The summed E-state index contributed by atoms with van der Waals surface area (Å²) in [6.07, 6.45) is 44.8. The SMILES string of the molecule is CCCCCCCCCC/C=C\CCCCCCCCCCCCCCCCCC(=O)NC(COC1OC(CO)C(OC2OC(CO)C(O)C(O)C2O)C(O)C1O)C(O)/C=C/CC/C=C/CCCCCCCCCCCCC. The van der Waals surface area contributed by atoms with Crippen LogP contribution in [0.3, 0.4) is 0 Å². The summed E-state index contributed by atoms with van der Waals surface area (Å²) in [4.78, 5) is 13.3. The van der Waals surface area contributed by atoms with Crippen molar-refractivity contribution >= 4 is 5.91 Å². The van der Waals surface area contributed by atoms with Crippen LogP contribution in [0.15, 0.2) is 36.5 Å². The maximum atomic E-state index is 13.3. The predicted molar refractivity (Wildman–Crippen MR) is 314 cm³/mol. The minimum Gasteiger partial charge on any atom is -0.394 e. The van der Waals surface area contributed by atoms with Crippen molar-refractivity contribution in [2.45, 2.75) is 344 Å². The van der Waals surface area contributed by atoms with Crippen molar-refractivity contribution in [3.05, 3.63) is 36.5 Å². The largest absolute Gasteiger partial charge is 0.394 e. The molecule has 0 bridgehead atoms. The van der Waals surface area contributed by atoms with Gasteiger partial charge in [0.05, 0.1) is 32.0 Å². The van der Waals surface area contributed by atoms with Crippen molar-refractivity contribution < 1.29 is 64.6 Å². The Morgan fingerprint density at radius 2 is 0.821 bits per heavy atom. The average Bonchev–Trinajstić information content (AvgIpc) is 3.44. The molecule has 9 N–H and O–H groups in total. The molecule has 2 saturated heterocycles. The van der Waals surface area contributed by atoms with E-state index >= 15 is 0 Å². The highest BCUT2D eigenvalue weighted by molar-refractivity contribution is 5.76. The number of ether oxygens (including phenoxy) is 4. The highest BCUT2D eigenvalue weighted by Gasteiger charge is 2.51. The summed E-state index contributed by atoms with van der Waals surface area (Å²) in [7, 11) is 0. The fourth-order valence-electron chi connectivity index (χ4n) is 10.6. The minimum atomic E-state index is -1.79. The zero-order valence-corrected chi connectivity index (χ0v) is 49.4. The van der Waals surface area contributed by atoms with E-state index in [-0.39, 0.29) is 18.9 Å². The Bertz CT molecular complexity index is 1450. The summed E-state index contributed by atoms with van der Waals surface area (Å²) in [6, 6.07) is -0.930. The molecule has 0 aliphatic carbocycles. The third-order valence-electron chi connectivity index (χ3n) is 15.8. The third-order valence-corrected chi connectivity index (χ3v) is 15.8. The Balaban J connectivity index is 1.71. The molecule has 0 saturated carbocycles. The highest BCUT2D eigenvalue weighted by Crippen LogP contribution is 2.30. The summed E-state index contributed by atoms with van der Waals surface area (Å²) in [5.41, 5.74) is 0. The standard InChI is InChI=1S/C64H119NO13/c1-3-5-7-9-11-13-15-17-19-21-22-23-24-25-26-27-28-29-30-32-34-36-38-40-42-44-46-48-56(69)65-52(53(68)47-45-43-41-39-37-35-33-31-20-18-16-14-12-10-8-6-4-2)51-75-63-61(74)59(72)62(55(50-67)77-63)78-64-60(73)58(71)57(70)54(49-66)76-64/h21-22,37,39,45,47,52-55,57-64,66-68,70-74H,3-20,23-36,38,40-44,46,48-51H2,1-2H3,(H,65,69)/b22-21-,39-37+,47-45+. The number of aliphatic hydroxyl groups is 8. The lowest BCUT2D eigenvalue weighted by atomic mass is 9.97. The molecular weight excluding hydrogens is 991 g/mol. The van der Waals surface area contributed by atoms with Crippen molar-refractivity contribution in [1.29, 1.82) is 0 Å². The van der Waals surface area contributed by atoms with E-state index in [1.54, 1.807) is 6.08 Å². The molecule has 2 fully saturated rings. The van der Waals surface area contributed by atoms with Crippen LogP contribution in [0.2, 0.25) is 0 Å². The number of nitrogens with one attached hydrogen (secondary N) is 1. The quantitative estimate of drug-likeness (QED) is 0.0204. The lowest BCUT2D eigenvalue weighted by Gasteiger charge is -2.46. The Kier molecular flexibility index (Phi) is 46.2. The van der Waals surface area contributed by atoms with Crippen LogP contribution in [0.5, 0.6) is 0 Å². The second-order valence-corrected chi connectivity index (χ2v) is 22.9. The molecule has 0 aromatic heterocycles. The Morgan fingerprint density at radius 3 is 1.26 bits per heavy atom. The van der Waals surface area contributed by atoms with Gasteiger partial charge in [-0.2, -0.15) is 0 Å². The van der Waals surface area contributed by atoms with Crippen LogP contribution in [0.4, 0.5) is 0 Å². The molecule has 0 radical (unpaired) electrons. The number of amides is 1. The van der Waals surface area contributed by atoms with E-state index < -0.39 is 86.8 Å². The zero-order chi connectivity index (χ0) is 56.7. The van der Waals surface area contributed by atoms with E-state index in [0.717, 1.165) is 32.1 Å². The molecule has 2 aliphatic rings. The number of rotatable bonds is 52. The van der Waals surface area contributed by atoms with Crippen molar-refractivity contribution in [3.63, 3.8) is 0 Å². The molecule has 78 heavy (non-hydrogen) atoms. The van der Waals surface area contributed by atoms with E-state index in [9.17, 15) is 45.6 Å². The van der Waals surface area contributed by atoms with Gasteiger partial charge in [-0.1, -0.05) is 243 Å². The van der Waals surface area contributed by atoms with Gasteiger partial charge >= 0.3 is 0 Å². The van der Waals surface area contributed by atoms with Crippen LogP contribution in [0.25, 0.3) is 0 Å². The first-order chi connectivity index (χ1) is 38.1. The maximum absolute atomic E-state index is 13.3. The summed E-state index contributed by atoms with van der Waals surface area (Å²) in [5, 5.41) is 87.2. The average molecular weight is 1110 g/mol. The van der Waals surface area contributed by atoms with Gasteiger partial charge in [-0.25, -0.2) is 0 Å². The molecule has 0 aromatic rings. The van der Waals surface area contributed by atoms with Gasteiger partial charge in [-0.15, -0.1) is 0 Å². The predicted octanol–water partition coefficient (Wildman–Crippen LogP) is 11.8. The van der Waals surface area contributed by atoms with Gasteiger partial charge in [0.2, 0.25) is 5.91 Å². The molecule has 12 atom stereocenters. The molecule has 2 heterocycles. The number of carbonyl (C=O) groups excluding carboxylic acids is 1. The van der Waals surface area contributed by atoms with E-state index in [1.807, 2.05) is 6.08 Å². The van der Waals surface area contributed by atoms with Gasteiger partial charge in [0.25, 0.3) is 0 Å². The molecule has 458 valence electrons. The molecule has 0 spiro atoms. The lowest BCUT2D eigenvalue weighted by molar-refractivity contribution is -0.359. The Labute approximate surface area is 474 Å². The van der Waals surface area contributed by atoms with Crippen LogP contribution in [0.1, 0.15) is 271 Å². The maximum Gasteiger partial charge on any atom is 0.220 e. The molecule has 2 rings (SSSR count). The van der Waals surface area contributed by atoms with E-state index in [2.05, 4.69) is 43.5 Å². The normalized spacial score (nSPS) is 24.7. The lowest BCUT2D eigenvalue weighted by Crippen LogP contribution is -2.65. The first-order valence-electron chi connectivity index (χ1n) is 32.2. The molecule has 2 aliphatic heterocycles. The number of unbranched alkanes of at least 4 members (excludes halogenated alkanes) is 35. The van der Waals surface area contributed by atoms with Crippen LogP contribution in [0, 0.1) is 0 Å². The smallest absolute Gasteiger partial charge is 0.220 e. The van der Waals surface area contributed by atoms with E-state index in [4.69, 9.17) is 18.9 Å². The first kappa shape index (κ1) is 72.3. The number of hydrogen-bond acceptors (Lipinski definition) is 13. The fraction of sp³-hybridized carbons (Fsp3) is 0.891. The summed E-state index contributed by atoms with van der Waals surface area (Å²) >= 11 is 0. The topological polar surface area (TPSA) is 228 Å². The van der Waals surface area contributed by atoms with Crippen molar-refractivity contribution in [2.24, 2.45) is 0 Å². The summed E-state index contributed by atoms with van der Waals surface area (Å²) in [5.74, 6) is -0.246. The third kappa shape index (κ3) is 34.6. The minimum absolute atomic E-state index is 0.246. The van der Waals surface area contributed by atoms with Crippen molar-refractivity contribution in [2.75, 3.05) is 19.8 Å². The van der Waals surface area contributed by atoms with Crippen LogP contribution in [-0.2, 0) is 23.7 Å². The van der Waals surface area contributed by atoms with Crippen molar-refractivity contribution in [1.82, 2.24) is 5.32 Å². The van der Waals surface area contributed by atoms with Gasteiger partial charge in [-0.05, 0) is 57.8 Å². The van der Waals surface area contributed by atoms with E-state index in [1.165, 1.54) is 205 Å².